The first-order valence-electron chi connectivity index (χ1n) is 9.43. The summed E-state index contributed by atoms with van der Waals surface area (Å²) in [5.74, 6) is 0.728. The van der Waals surface area contributed by atoms with E-state index in [1.54, 1.807) is 17.3 Å². The van der Waals surface area contributed by atoms with Crippen LogP contribution in [0.2, 0.25) is 0 Å². The fourth-order valence-electron chi connectivity index (χ4n) is 3.21. The van der Waals surface area contributed by atoms with Crippen molar-refractivity contribution in [3.05, 3.63) is 42.2 Å². The van der Waals surface area contributed by atoms with Crippen LogP contribution in [0.4, 0.5) is 10.8 Å². The molecule has 29 heavy (non-hydrogen) atoms. The number of anilines is 2. The summed E-state index contributed by atoms with van der Waals surface area (Å²) in [4.78, 5) is 23.3. The second kappa shape index (κ2) is 8.00. The lowest BCUT2D eigenvalue weighted by Gasteiger charge is -2.17. The van der Waals surface area contributed by atoms with Gasteiger partial charge in [0.05, 0.1) is 35.9 Å². The third-order valence-electron chi connectivity index (χ3n) is 4.66. The van der Waals surface area contributed by atoms with Gasteiger partial charge in [0, 0.05) is 31.0 Å². The molecule has 4 aromatic heterocycles. The number of carbonyl (C=O) groups is 1. The van der Waals surface area contributed by atoms with E-state index >= 15 is 0 Å². The number of hydrogen-bond acceptors (Lipinski definition) is 7. The smallest absolute Gasteiger partial charge is 0.228 e. The normalized spacial score (nSPS) is 11.1. The molecule has 0 aliphatic rings. The lowest BCUT2D eigenvalue weighted by Crippen LogP contribution is -2.31. The quantitative estimate of drug-likeness (QED) is 0.485. The SMILES string of the molecule is CCN(CC)C(=O)Cc1cc(Nc2nc(C)cn3c(-c4cn[nH]c4)cnc23)sn1. The molecule has 4 aromatic rings. The number of aromatic nitrogens is 6. The van der Waals surface area contributed by atoms with Crippen LogP contribution in [0.1, 0.15) is 25.2 Å². The molecule has 10 heteroatoms. The molecule has 0 spiro atoms. The van der Waals surface area contributed by atoms with Gasteiger partial charge < -0.3 is 10.2 Å². The van der Waals surface area contributed by atoms with Gasteiger partial charge in [-0.2, -0.15) is 9.47 Å². The van der Waals surface area contributed by atoms with Crippen LogP contribution in [-0.2, 0) is 11.2 Å². The third kappa shape index (κ3) is 3.83. The maximum Gasteiger partial charge on any atom is 0.228 e. The fraction of sp³-hybridized carbons (Fsp3) is 0.316. The van der Waals surface area contributed by atoms with Gasteiger partial charge in [0.15, 0.2) is 11.5 Å². The molecule has 0 saturated carbocycles. The van der Waals surface area contributed by atoms with E-state index in [1.807, 2.05) is 43.6 Å². The molecule has 0 unspecified atom stereocenters. The number of likely N-dealkylation sites (N-methyl/N-ethyl adjacent to an activating group) is 1. The average molecular weight is 411 g/mol. The van der Waals surface area contributed by atoms with E-state index in [-0.39, 0.29) is 5.91 Å². The molecule has 1 amide bonds. The lowest BCUT2D eigenvalue weighted by molar-refractivity contribution is -0.130. The van der Waals surface area contributed by atoms with E-state index in [2.05, 4.69) is 29.9 Å². The zero-order valence-corrected chi connectivity index (χ0v) is 17.3. The Kier molecular flexibility index (Phi) is 5.26. The first-order valence-corrected chi connectivity index (χ1v) is 10.2. The Balaban J connectivity index is 1.59. The van der Waals surface area contributed by atoms with Crippen LogP contribution < -0.4 is 5.32 Å². The van der Waals surface area contributed by atoms with Crippen LogP contribution in [0, 0.1) is 6.92 Å². The van der Waals surface area contributed by atoms with E-state index in [0.717, 1.165) is 27.6 Å². The maximum absolute atomic E-state index is 12.3. The molecular formula is C19H22N8OS. The van der Waals surface area contributed by atoms with Crippen molar-refractivity contribution in [2.45, 2.75) is 27.2 Å². The Morgan fingerprint density at radius 2 is 2.14 bits per heavy atom. The fourth-order valence-corrected chi connectivity index (χ4v) is 3.87. The van der Waals surface area contributed by atoms with Gasteiger partial charge in [0.2, 0.25) is 5.91 Å². The van der Waals surface area contributed by atoms with Crippen molar-refractivity contribution in [1.29, 1.82) is 0 Å². The highest BCUT2D eigenvalue weighted by Crippen LogP contribution is 2.27. The second-order valence-electron chi connectivity index (χ2n) is 6.61. The van der Waals surface area contributed by atoms with Crippen LogP contribution in [-0.4, -0.2) is 52.8 Å². The minimum Gasteiger partial charge on any atom is -0.343 e. The molecule has 2 N–H and O–H groups in total. The van der Waals surface area contributed by atoms with Gasteiger partial charge in [0.25, 0.3) is 0 Å². The Morgan fingerprint density at radius 3 is 2.86 bits per heavy atom. The molecule has 0 fully saturated rings. The molecule has 0 atom stereocenters. The molecule has 0 aliphatic heterocycles. The highest BCUT2D eigenvalue weighted by molar-refractivity contribution is 7.10. The molecule has 4 heterocycles. The lowest BCUT2D eigenvalue weighted by atomic mass is 10.2. The highest BCUT2D eigenvalue weighted by atomic mass is 32.1. The van der Waals surface area contributed by atoms with Crippen molar-refractivity contribution in [3.8, 4) is 11.3 Å². The molecule has 0 bridgehead atoms. The third-order valence-corrected chi connectivity index (χ3v) is 5.40. The Labute approximate surface area is 172 Å². The Bertz CT molecular complexity index is 1130. The molecular weight excluding hydrogens is 388 g/mol. The summed E-state index contributed by atoms with van der Waals surface area (Å²) < 4.78 is 6.40. The van der Waals surface area contributed by atoms with Crippen molar-refractivity contribution in [2.24, 2.45) is 0 Å². The number of fused-ring (bicyclic) bond motifs is 1. The zero-order chi connectivity index (χ0) is 20.4. The number of rotatable bonds is 7. The molecule has 0 saturated heterocycles. The summed E-state index contributed by atoms with van der Waals surface area (Å²) >= 11 is 1.31. The van der Waals surface area contributed by atoms with Crippen molar-refractivity contribution in [2.75, 3.05) is 18.4 Å². The number of aromatic amines is 1. The van der Waals surface area contributed by atoms with Crippen LogP contribution in [0.15, 0.2) is 30.9 Å². The van der Waals surface area contributed by atoms with Crippen molar-refractivity contribution in [3.63, 3.8) is 0 Å². The van der Waals surface area contributed by atoms with E-state index in [9.17, 15) is 4.79 Å². The van der Waals surface area contributed by atoms with Crippen molar-refractivity contribution < 1.29 is 4.79 Å². The summed E-state index contributed by atoms with van der Waals surface area (Å²) in [6.07, 6.45) is 7.62. The van der Waals surface area contributed by atoms with Gasteiger partial charge in [-0.3, -0.25) is 14.3 Å². The largest absolute Gasteiger partial charge is 0.343 e. The predicted molar refractivity (Wildman–Crippen MR) is 112 cm³/mol. The average Bonchev–Trinajstić information content (AvgIpc) is 3.43. The zero-order valence-electron chi connectivity index (χ0n) is 16.5. The van der Waals surface area contributed by atoms with Gasteiger partial charge in [-0.1, -0.05) is 0 Å². The predicted octanol–water partition coefficient (Wildman–Crippen LogP) is 3.04. The van der Waals surface area contributed by atoms with E-state index in [1.165, 1.54) is 11.5 Å². The van der Waals surface area contributed by atoms with Gasteiger partial charge in [-0.25, -0.2) is 9.97 Å². The number of nitrogens with one attached hydrogen (secondary N) is 2. The van der Waals surface area contributed by atoms with Gasteiger partial charge in [0.1, 0.15) is 5.00 Å². The topological polar surface area (TPSA) is 104 Å². The van der Waals surface area contributed by atoms with Crippen LogP contribution in [0.25, 0.3) is 16.9 Å². The monoisotopic (exact) mass is 410 g/mol. The molecule has 150 valence electrons. The van der Waals surface area contributed by atoms with Crippen molar-refractivity contribution in [1.82, 2.24) is 33.8 Å². The van der Waals surface area contributed by atoms with Gasteiger partial charge >= 0.3 is 0 Å². The molecule has 0 aromatic carbocycles. The molecule has 4 rings (SSSR count). The van der Waals surface area contributed by atoms with Crippen molar-refractivity contribution >= 4 is 33.9 Å². The Morgan fingerprint density at radius 1 is 1.31 bits per heavy atom. The number of aryl methyl sites for hydroxylation is 1. The highest BCUT2D eigenvalue weighted by Gasteiger charge is 2.16. The van der Waals surface area contributed by atoms with Crippen LogP contribution >= 0.6 is 11.5 Å². The van der Waals surface area contributed by atoms with E-state index < -0.39 is 0 Å². The number of hydrogen-bond donors (Lipinski definition) is 2. The second-order valence-corrected chi connectivity index (χ2v) is 7.41. The first kappa shape index (κ1) is 19.1. The van der Waals surface area contributed by atoms with E-state index in [0.29, 0.717) is 31.0 Å². The van der Waals surface area contributed by atoms with Gasteiger partial charge in [-0.15, -0.1) is 0 Å². The van der Waals surface area contributed by atoms with E-state index in [4.69, 9.17) is 0 Å². The summed E-state index contributed by atoms with van der Waals surface area (Å²) in [6.45, 7) is 7.30. The summed E-state index contributed by atoms with van der Waals surface area (Å²) in [5, 5.41) is 11.0. The summed E-state index contributed by atoms with van der Waals surface area (Å²) in [6, 6.07) is 1.90. The first-order chi connectivity index (χ1) is 14.1. The number of imidazole rings is 1. The molecule has 0 radical (unpaired) electrons. The molecule has 0 aliphatic carbocycles. The standard InChI is InChI=1S/C19H22N8OS/c1-4-26(5-2)17(28)7-14-6-16(29-25-14)24-18-19-20-10-15(13-8-21-22-9-13)27(19)11-12(3)23-18/h6,8-11H,4-5,7H2,1-3H3,(H,21,22)(H,23,24). The maximum atomic E-state index is 12.3. The van der Waals surface area contributed by atoms with Gasteiger partial charge in [-0.05, 0) is 38.4 Å². The van der Waals surface area contributed by atoms with Crippen LogP contribution in [0.3, 0.4) is 0 Å². The number of carbonyl (C=O) groups excluding carboxylic acids is 1. The molecule has 9 nitrogen and oxygen atoms in total. The number of amides is 1. The van der Waals surface area contributed by atoms with Crippen LogP contribution in [0.5, 0.6) is 0 Å². The summed E-state index contributed by atoms with van der Waals surface area (Å²) in [5.41, 5.74) is 4.19. The number of H-pyrrole nitrogens is 1. The number of nitrogens with zero attached hydrogens (tertiary/aromatic N) is 6. The minimum atomic E-state index is 0.0842. The Hall–Kier alpha value is -3.27. The summed E-state index contributed by atoms with van der Waals surface area (Å²) in [7, 11) is 0. The minimum absolute atomic E-state index is 0.0842.